The van der Waals surface area contributed by atoms with Crippen LogP contribution in [0.25, 0.3) is 11.3 Å². The van der Waals surface area contributed by atoms with Gasteiger partial charge in [-0.05, 0) is 31.5 Å². The Hall–Kier alpha value is -3.54. The topological polar surface area (TPSA) is 72.4 Å². The number of ether oxygens (including phenoxy) is 1. The lowest BCUT2D eigenvalue weighted by atomic mass is 9.69. The van der Waals surface area contributed by atoms with Crippen LogP contribution in [0, 0.1) is 0 Å². The zero-order chi connectivity index (χ0) is 22.1. The summed E-state index contributed by atoms with van der Waals surface area (Å²) >= 11 is 0. The van der Waals surface area contributed by atoms with Gasteiger partial charge in [0.25, 0.3) is 0 Å². The molecule has 1 aromatic heterocycles. The van der Waals surface area contributed by atoms with Gasteiger partial charge in [0.1, 0.15) is 12.0 Å². The number of benzene rings is 2. The summed E-state index contributed by atoms with van der Waals surface area (Å²) in [5, 5.41) is 8.79. The number of nitrogens with zero attached hydrogens (tertiary/aromatic N) is 3. The average molecular weight is 415 g/mol. The van der Waals surface area contributed by atoms with E-state index in [1.807, 2.05) is 80.6 Å². The molecule has 4 rings (SSSR count). The Morgan fingerprint density at radius 3 is 2.16 bits per heavy atom. The van der Waals surface area contributed by atoms with Gasteiger partial charge in [-0.15, -0.1) is 0 Å². The molecule has 0 radical (unpaired) electrons. The highest BCUT2D eigenvalue weighted by molar-refractivity contribution is 5.96. The molecule has 31 heavy (non-hydrogen) atoms. The number of esters is 1. The second-order valence-corrected chi connectivity index (χ2v) is 8.33. The molecule has 2 aromatic carbocycles. The van der Waals surface area contributed by atoms with Gasteiger partial charge in [-0.2, -0.15) is 10.2 Å². The van der Waals surface area contributed by atoms with Crippen molar-refractivity contribution >= 4 is 11.9 Å². The molecule has 0 N–H and O–H groups in total. The molecule has 0 bridgehead atoms. The summed E-state index contributed by atoms with van der Waals surface area (Å²) < 4.78 is 5.73. The van der Waals surface area contributed by atoms with Crippen molar-refractivity contribution in [1.29, 1.82) is 0 Å². The quantitative estimate of drug-likeness (QED) is 0.593. The minimum Gasteiger partial charge on any atom is -0.460 e. The van der Waals surface area contributed by atoms with E-state index in [1.165, 1.54) is 0 Å². The first-order chi connectivity index (χ1) is 14.9. The third-order valence-electron chi connectivity index (χ3n) is 6.41. The number of amides is 1. The summed E-state index contributed by atoms with van der Waals surface area (Å²) in [5.74, 6) is -0.601. The number of hydrogen-bond acceptors (Lipinski definition) is 5. The molecule has 2 heterocycles. The second-order valence-electron chi connectivity index (χ2n) is 8.33. The zero-order valence-corrected chi connectivity index (χ0v) is 17.9. The molecule has 0 saturated carbocycles. The molecule has 0 aliphatic carbocycles. The molecule has 1 unspecified atom stereocenters. The fourth-order valence-electron chi connectivity index (χ4n) is 4.16. The minimum atomic E-state index is -1.25. The third-order valence-corrected chi connectivity index (χ3v) is 6.41. The summed E-state index contributed by atoms with van der Waals surface area (Å²) in [4.78, 5) is 27.9. The molecule has 0 spiro atoms. The average Bonchev–Trinajstić information content (AvgIpc) is 2.99. The van der Waals surface area contributed by atoms with E-state index in [2.05, 4.69) is 10.2 Å². The largest absolute Gasteiger partial charge is 0.460 e. The van der Waals surface area contributed by atoms with Crippen molar-refractivity contribution in [3.63, 3.8) is 0 Å². The van der Waals surface area contributed by atoms with E-state index < -0.39 is 16.9 Å². The highest BCUT2D eigenvalue weighted by Crippen LogP contribution is 2.48. The Morgan fingerprint density at radius 1 is 0.968 bits per heavy atom. The number of aromatic nitrogens is 2. The summed E-state index contributed by atoms with van der Waals surface area (Å²) in [6.45, 7) is 3.87. The van der Waals surface area contributed by atoms with Crippen LogP contribution in [0.3, 0.4) is 0 Å². The van der Waals surface area contributed by atoms with Crippen molar-refractivity contribution in [3.8, 4) is 11.3 Å². The molecule has 1 atom stereocenters. The van der Waals surface area contributed by atoms with E-state index in [-0.39, 0.29) is 18.9 Å². The number of rotatable bonds is 5. The Balaban J connectivity index is 1.71. The Morgan fingerprint density at radius 2 is 1.61 bits per heavy atom. The van der Waals surface area contributed by atoms with Crippen molar-refractivity contribution in [3.05, 3.63) is 84.1 Å². The monoisotopic (exact) mass is 415 g/mol. The lowest BCUT2D eigenvalue weighted by Crippen LogP contribution is -2.56. The zero-order valence-electron chi connectivity index (χ0n) is 17.9. The molecule has 158 valence electrons. The van der Waals surface area contributed by atoms with Crippen LogP contribution in [0.5, 0.6) is 0 Å². The number of likely N-dealkylation sites (tertiary alicyclic amines) is 1. The molecule has 1 aliphatic heterocycles. The van der Waals surface area contributed by atoms with E-state index >= 15 is 0 Å². The van der Waals surface area contributed by atoms with Crippen LogP contribution in [0.15, 0.2) is 72.8 Å². The normalized spacial score (nSPS) is 20.0. The number of hydrogen-bond donors (Lipinski definition) is 0. The van der Waals surface area contributed by atoms with E-state index in [0.29, 0.717) is 11.4 Å². The highest BCUT2D eigenvalue weighted by Gasteiger charge is 2.64. The van der Waals surface area contributed by atoms with Crippen molar-refractivity contribution in [2.45, 2.75) is 37.8 Å². The third kappa shape index (κ3) is 3.48. The number of carbonyl (C=O) groups is 2. The van der Waals surface area contributed by atoms with Gasteiger partial charge in [0.05, 0.1) is 23.3 Å². The lowest BCUT2D eigenvalue weighted by Gasteiger charge is -2.40. The van der Waals surface area contributed by atoms with Gasteiger partial charge >= 0.3 is 5.97 Å². The van der Waals surface area contributed by atoms with E-state index in [1.54, 1.807) is 18.0 Å². The molecule has 6 nitrogen and oxygen atoms in total. The first-order valence-electron chi connectivity index (χ1n) is 10.2. The first kappa shape index (κ1) is 20.7. The van der Waals surface area contributed by atoms with E-state index in [9.17, 15) is 9.59 Å². The van der Waals surface area contributed by atoms with Crippen LogP contribution in [-0.2, 0) is 26.3 Å². The first-order valence-corrected chi connectivity index (χ1v) is 10.2. The van der Waals surface area contributed by atoms with E-state index in [0.717, 1.165) is 11.1 Å². The van der Waals surface area contributed by atoms with Crippen LogP contribution in [-0.4, -0.2) is 39.6 Å². The van der Waals surface area contributed by atoms with Crippen LogP contribution >= 0.6 is 0 Å². The number of carbonyl (C=O) groups excluding carboxylic acids is 2. The van der Waals surface area contributed by atoms with Crippen molar-refractivity contribution in [2.75, 3.05) is 7.05 Å². The maximum Gasteiger partial charge on any atom is 0.321 e. The molecule has 1 saturated heterocycles. The second kappa shape index (κ2) is 7.95. The Labute approximate surface area is 181 Å². The van der Waals surface area contributed by atoms with Gasteiger partial charge in [0, 0.05) is 12.6 Å². The summed E-state index contributed by atoms with van der Waals surface area (Å²) in [6.07, 6.45) is -0.0104. The van der Waals surface area contributed by atoms with Gasteiger partial charge in [-0.25, -0.2) is 0 Å². The maximum atomic E-state index is 13.5. The molecule has 3 aromatic rings. The van der Waals surface area contributed by atoms with Gasteiger partial charge in [0.2, 0.25) is 5.91 Å². The predicted molar refractivity (Wildman–Crippen MR) is 117 cm³/mol. The molecular formula is C25H25N3O3. The maximum absolute atomic E-state index is 13.5. The lowest BCUT2D eigenvalue weighted by molar-refractivity contribution is -0.155. The highest BCUT2D eigenvalue weighted by atomic mass is 16.5. The molecule has 1 amide bonds. The summed E-state index contributed by atoms with van der Waals surface area (Å²) in [6, 6.07) is 22.8. The fraction of sp³-hybridized carbons (Fsp3) is 0.280. The Bertz CT molecular complexity index is 1080. The SMILES string of the molecule is CN1C(=O)CC(C(=O)OCc2ccccc2)(c2ccc(-c3ccccc3)nn2)C1(C)C. The van der Waals surface area contributed by atoms with Gasteiger partial charge in [0.15, 0.2) is 0 Å². The molecule has 6 heteroatoms. The van der Waals surface area contributed by atoms with Crippen molar-refractivity contribution in [1.82, 2.24) is 15.1 Å². The summed E-state index contributed by atoms with van der Waals surface area (Å²) in [5.41, 5.74) is 0.866. The molecular weight excluding hydrogens is 390 g/mol. The molecule has 1 fully saturated rings. The Kier molecular flexibility index (Phi) is 5.31. The van der Waals surface area contributed by atoms with Crippen molar-refractivity contribution < 1.29 is 14.3 Å². The summed E-state index contributed by atoms with van der Waals surface area (Å²) in [7, 11) is 1.71. The van der Waals surface area contributed by atoms with Crippen LogP contribution in [0.4, 0.5) is 0 Å². The fourth-order valence-corrected chi connectivity index (χ4v) is 4.16. The van der Waals surface area contributed by atoms with Crippen molar-refractivity contribution in [2.24, 2.45) is 0 Å². The predicted octanol–water partition coefficient (Wildman–Crippen LogP) is 3.77. The standard InChI is InChI=1S/C25H25N3O3/c1-24(2)25(16-22(29)28(24)3,23(30)31-17-18-10-6-4-7-11-18)21-15-14-20(26-27-21)19-12-8-5-9-13-19/h4-15H,16-17H2,1-3H3. The van der Waals surface area contributed by atoms with Crippen LogP contribution < -0.4 is 0 Å². The smallest absolute Gasteiger partial charge is 0.321 e. The molecule has 1 aliphatic rings. The minimum absolute atomic E-state index is 0.0104. The van der Waals surface area contributed by atoms with Gasteiger partial charge in [-0.1, -0.05) is 60.7 Å². The van der Waals surface area contributed by atoms with E-state index in [4.69, 9.17) is 4.74 Å². The number of likely N-dealkylation sites (N-methyl/N-ethyl adjacent to an activating group) is 1. The van der Waals surface area contributed by atoms with Crippen LogP contribution in [0.2, 0.25) is 0 Å². The van der Waals surface area contributed by atoms with Crippen LogP contribution in [0.1, 0.15) is 31.5 Å². The van der Waals surface area contributed by atoms with Gasteiger partial charge < -0.3 is 9.64 Å². The van der Waals surface area contributed by atoms with Gasteiger partial charge in [-0.3, -0.25) is 9.59 Å².